The van der Waals surface area contributed by atoms with Crippen LogP contribution in [0.2, 0.25) is 0 Å². The van der Waals surface area contributed by atoms with Gasteiger partial charge in [-0.3, -0.25) is 4.79 Å². The summed E-state index contributed by atoms with van der Waals surface area (Å²) in [7, 11) is 1.68. The van der Waals surface area contributed by atoms with Crippen molar-refractivity contribution in [3.63, 3.8) is 0 Å². The molecule has 0 unspecified atom stereocenters. The van der Waals surface area contributed by atoms with E-state index in [-0.39, 0.29) is 6.04 Å². The first-order valence-electron chi connectivity index (χ1n) is 9.75. The number of carbonyl (C=O) groups excluding carboxylic acids is 1. The topological polar surface area (TPSA) is 102 Å². The SMILES string of the molecule is COc1cccc([C@H]2CCNC[C@@H]2Nc2nc(C)nc3c(C(N)=O)cccc23)c1. The first-order valence-corrected chi connectivity index (χ1v) is 9.75. The first-order chi connectivity index (χ1) is 14.1. The number of amides is 1. The van der Waals surface area contributed by atoms with Gasteiger partial charge in [-0.05, 0) is 49.7 Å². The fourth-order valence-electron chi connectivity index (χ4n) is 4.03. The van der Waals surface area contributed by atoms with Crippen LogP contribution in [-0.2, 0) is 0 Å². The molecule has 2 aromatic carbocycles. The van der Waals surface area contributed by atoms with Crippen molar-refractivity contribution in [3.05, 3.63) is 59.4 Å². The van der Waals surface area contributed by atoms with E-state index in [1.807, 2.05) is 31.2 Å². The molecular weight excluding hydrogens is 366 g/mol. The highest BCUT2D eigenvalue weighted by molar-refractivity contribution is 6.07. The number of nitrogens with one attached hydrogen (secondary N) is 2. The average Bonchev–Trinajstić information content (AvgIpc) is 2.73. The minimum atomic E-state index is -0.492. The van der Waals surface area contributed by atoms with E-state index >= 15 is 0 Å². The number of rotatable bonds is 5. The van der Waals surface area contributed by atoms with E-state index in [0.717, 1.165) is 36.5 Å². The third kappa shape index (κ3) is 3.86. The number of nitrogens with zero attached hydrogens (tertiary/aromatic N) is 2. The van der Waals surface area contributed by atoms with Gasteiger partial charge >= 0.3 is 0 Å². The van der Waals surface area contributed by atoms with E-state index in [1.54, 1.807) is 13.2 Å². The van der Waals surface area contributed by atoms with Gasteiger partial charge in [0, 0.05) is 23.9 Å². The molecule has 1 aromatic heterocycles. The van der Waals surface area contributed by atoms with E-state index < -0.39 is 5.91 Å². The molecule has 1 saturated heterocycles. The lowest BCUT2D eigenvalue weighted by Gasteiger charge is -2.34. The number of aromatic nitrogens is 2. The molecule has 1 aliphatic rings. The summed E-state index contributed by atoms with van der Waals surface area (Å²) in [5.41, 5.74) is 7.77. The number of methoxy groups -OCH3 is 1. The Kier molecular flexibility index (Phi) is 5.31. The molecule has 1 fully saturated rings. The summed E-state index contributed by atoms with van der Waals surface area (Å²) in [6.07, 6.45) is 0.999. The molecule has 7 heteroatoms. The molecule has 7 nitrogen and oxygen atoms in total. The Morgan fingerprint density at radius 3 is 2.86 bits per heavy atom. The highest BCUT2D eigenvalue weighted by Gasteiger charge is 2.28. The van der Waals surface area contributed by atoms with Crippen LogP contribution in [0.4, 0.5) is 5.82 Å². The smallest absolute Gasteiger partial charge is 0.250 e. The summed E-state index contributed by atoms with van der Waals surface area (Å²) in [5, 5.41) is 7.87. The summed E-state index contributed by atoms with van der Waals surface area (Å²) in [5.74, 6) is 1.98. The van der Waals surface area contributed by atoms with Crippen LogP contribution in [0, 0.1) is 6.92 Å². The van der Waals surface area contributed by atoms with Gasteiger partial charge in [0.1, 0.15) is 17.4 Å². The molecule has 0 radical (unpaired) electrons. The van der Waals surface area contributed by atoms with Crippen molar-refractivity contribution in [2.45, 2.75) is 25.3 Å². The molecule has 0 bridgehead atoms. The van der Waals surface area contributed by atoms with Crippen molar-refractivity contribution in [2.75, 3.05) is 25.5 Å². The molecule has 2 atom stereocenters. The average molecular weight is 391 g/mol. The predicted molar refractivity (Wildman–Crippen MR) is 113 cm³/mol. The Labute approximate surface area is 169 Å². The Bertz CT molecular complexity index is 1050. The number of aryl methyl sites for hydroxylation is 1. The molecule has 1 amide bonds. The van der Waals surface area contributed by atoms with Gasteiger partial charge in [-0.15, -0.1) is 0 Å². The molecule has 4 N–H and O–H groups in total. The number of primary amides is 1. The van der Waals surface area contributed by atoms with E-state index in [2.05, 4.69) is 32.7 Å². The number of benzene rings is 2. The number of hydrogen-bond acceptors (Lipinski definition) is 6. The zero-order chi connectivity index (χ0) is 20.4. The Hall–Kier alpha value is -3.19. The van der Waals surface area contributed by atoms with Crippen molar-refractivity contribution < 1.29 is 9.53 Å². The lowest BCUT2D eigenvalue weighted by atomic mass is 9.86. The summed E-state index contributed by atoms with van der Waals surface area (Å²) in [4.78, 5) is 20.9. The quantitative estimate of drug-likeness (QED) is 0.618. The first kappa shape index (κ1) is 19.1. The number of carbonyl (C=O) groups is 1. The normalized spacial score (nSPS) is 19.1. The zero-order valence-electron chi connectivity index (χ0n) is 16.6. The van der Waals surface area contributed by atoms with Gasteiger partial charge in [-0.25, -0.2) is 9.97 Å². The van der Waals surface area contributed by atoms with Crippen LogP contribution in [0.25, 0.3) is 10.9 Å². The van der Waals surface area contributed by atoms with Gasteiger partial charge < -0.3 is 21.1 Å². The summed E-state index contributed by atoms with van der Waals surface area (Å²) in [6.45, 7) is 3.58. The molecule has 1 aliphatic heterocycles. The van der Waals surface area contributed by atoms with Crippen LogP contribution >= 0.6 is 0 Å². The second-order valence-electron chi connectivity index (χ2n) is 7.31. The summed E-state index contributed by atoms with van der Waals surface area (Å²) in [6, 6.07) is 13.8. The largest absolute Gasteiger partial charge is 0.497 e. The van der Waals surface area contributed by atoms with E-state index in [9.17, 15) is 4.79 Å². The van der Waals surface area contributed by atoms with Crippen LogP contribution in [0.1, 0.15) is 34.1 Å². The zero-order valence-corrected chi connectivity index (χ0v) is 16.6. The van der Waals surface area contributed by atoms with E-state index in [0.29, 0.717) is 22.8 Å². The van der Waals surface area contributed by atoms with Crippen LogP contribution in [0.15, 0.2) is 42.5 Å². The molecule has 0 spiro atoms. The molecule has 3 aromatic rings. The van der Waals surface area contributed by atoms with Gasteiger partial charge in [-0.1, -0.05) is 18.2 Å². The Morgan fingerprint density at radius 2 is 2.07 bits per heavy atom. The lowest BCUT2D eigenvalue weighted by molar-refractivity contribution is 0.100. The summed E-state index contributed by atoms with van der Waals surface area (Å²) < 4.78 is 5.41. The number of nitrogens with two attached hydrogens (primary N) is 1. The maximum Gasteiger partial charge on any atom is 0.250 e. The second-order valence-corrected chi connectivity index (χ2v) is 7.31. The lowest BCUT2D eigenvalue weighted by Crippen LogP contribution is -2.44. The van der Waals surface area contributed by atoms with E-state index in [4.69, 9.17) is 10.5 Å². The van der Waals surface area contributed by atoms with Gasteiger partial charge in [0.05, 0.1) is 18.2 Å². The van der Waals surface area contributed by atoms with Crippen molar-refractivity contribution in [1.82, 2.24) is 15.3 Å². The van der Waals surface area contributed by atoms with Crippen LogP contribution in [0.3, 0.4) is 0 Å². The Balaban J connectivity index is 1.72. The number of ether oxygens (including phenoxy) is 1. The van der Waals surface area contributed by atoms with Crippen molar-refractivity contribution in [2.24, 2.45) is 5.73 Å². The molecular formula is C22H25N5O2. The number of piperidine rings is 1. The molecule has 29 heavy (non-hydrogen) atoms. The molecule has 0 aliphatic carbocycles. The number of hydrogen-bond donors (Lipinski definition) is 3. The van der Waals surface area contributed by atoms with Gasteiger partial charge in [0.2, 0.25) is 0 Å². The van der Waals surface area contributed by atoms with E-state index in [1.165, 1.54) is 5.56 Å². The minimum Gasteiger partial charge on any atom is -0.497 e. The predicted octanol–water partition coefficient (Wildman–Crippen LogP) is 2.60. The molecule has 150 valence electrons. The third-order valence-electron chi connectivity index (χ3n) is 5.43. The number of fused-ring (bicyclic) bond motifs is 1. The minimum absolute atomic E-state index is 0.130. The van der Waals surface area contributed by atoms with Gasteiger partial charge in [0.15, 0.2) is 0 Å². The molecule has 4 rings (SSSR count). The molecule has 0 saturated carbocycles. The Morgan fingerprint density at radius 1 is 1.24 bits per heavy atom. The second kappa shape index (κ2) is 8.05. The third-order valence-corrected chi connectivity index (χ3v) is 5.43. The number of anilines is 1. The van der Waals surface area contributed by atoms with Crippen molar-refractivity contribution in [3.8, 4) is 5.75 Å². The maximum atomic E-state index is 11.8. The maximum absolute atomic E-state index is 11.8. The van der Waals surface area contributed by atoms with Crippen LogP contribution in [-0.4, -0.2) is 42.1 Å². The fraction of sp³-hybridized carbons (Fsp3) is 0.318. The number of para-hydroxylation sites is 1. The van der Waals surface area contributed by atoms with Crippen molar-refractivity contribution in [1.29, 1.82) is 0 Å². The molecule has 2 heterocycles. The van der Waals surface area contributed by atoms with Gasteiger partial charge in [-0.2, -0.15) is 0 Å². The standard InChI is InChI=1S/C22H25N5O2/c1-13-25-20-17(21(23)28)7-4-8-18(20)22(26-13)27-19-12-24-10-9-16(19)14-5-3-6-15(11-14)29-2/h3-8,11,16,19,24H,9-10,12H2,1-2H3,(H2,23,28)(H,25,26,27)/t16-,19+/m1/s1. The highest BCUT2D eigenvalue weighted by Crippen LogP contribution is 2.31. The van der Waals surface area contributed by atoms with Gasteiger partial charge in [0.25, 0.3) is 5.91 Å². The van der Waals surface area contributed by atoms with Crippen LogP contribution in [0.5, 0.6) is 5.75 Å². The van der Waals surface area contributed by atoms with Crippen molar-refractivity contribution >= 4 is 22.6 Å². The fourth-order valence-corrected chi connectivity index (χ4v) is 4.03. The highest BCUT2D eigenvalue weighted by atomic mass is 16.5. The summed E-state index contributed by atoms with van der Waals surface area (Å²) >= 11 is 0. The monoisotopic (exact) mass is 391 g/mol. The van der Waals surface area contributed by atoms with Crippen LogP contribution < -0.4 is 21.1 Å².